The number of carboxylic acid groups (broad SMARTS) is 2. The second kappa shape index (κ2) is 10.4. The zero-order chi connectivity index (χ0) is 27.8. The molecular formula is C30H28N4O6. The fourth-order valence-electron chi connectivity index (χ4n) is 5.69. The van der Waals surface area contributed by atoms with Gasteiger partial charge in [-0.2, -0.15) is 0 Å². The van der Waals surface area contributed by atoms with E-state index < -0.39 is 23.9 Å². The van der Waals surface area contributed by atoms with Crippen LogP contribution in [0.25, 0.3) is 33.3 Å². The fourth-order valence-corrected chi connectivity index (χ4v) is 5.69. The number of fused-ring (bicyclic) bond motifs is 2. The van der Waals surface area contributed by atoms with E-state index in [1.807, 2.05) is 12.1 Å². The van der Waals surface area contributed by atoms with Gasteiger partial charge in [0.05, 0.1) is 28.4 Å². The van der Waals surface area contributed by atoms with E-state index >= 15 is 0 Å². The summed E-state index contributed by atoms with van der Waals surface area (Å²) in [7, 11) is 0. The summed E-state index contributed by atoms with van der Waals surface area (Å²) in [6.07, 6.45) is 10.5. The van der Waals surface area contributed by atoms with Gasteiger partial charge in [0.15, 0.2) is 0 Å². The minimum absolute atomic E-state index is 0.0205. The summed E-state index contributed by atoms with van der Waals surface area (Å²) in [5, 5.41) is 22.5. The maximum atomic E-state index is 13.3. The number of H-pyrrole nitrogens is 1. The van der Waals surface area contributed by atoms with Crippen molar-refractivity contribution >= 4 is 39.8 Å². The molecule has 1 amide bonds. The molecule has 0 radical (unpaired) electrons. The van der Waals surface area contributed by atoms with Crippen molar-refractivity contribution in [2.24, 2.45) is 0 Å². The van der Waals surface area contributed by atoms with Gasteiger partial charge in [-0.15, -0.1) is 0 Å². The third kappa shape index (κ3) is 4.72. The average molecular weight is 541 g/mol. The van der Waals surface area contributed by atoms with Crippen LogP contribution in [0.2, 0.25) is 0 Å². The summed E-state index contributed by atoms with van der Waals surface area (Å²) in [6.45, 7) is 0. The van der Waals surface area contributed by atoms with Crippen LogP contribution >= 0.6 is 0 Å². The zero-order valence-electron chi connectivity index (χ0n) is 21.6. The Labute approximate surface area is 228 Å². The van der Waals surface area contributed by atoms with E-state index in [9.17, 15) is 24.6 Å². The first-order chi connectivity index (χ1) is 19.4. The number of hydrogen-bond donors (Lipinski definition) is 4. The number of aromatic carboxylic acids is 1. The third-order valence-corrected chi connectivity index (χ3v) is 7.71. The molecule has 1 saturated carbocycles. The molecule has 0 aliphatic heterocycles. The van der Waals surface area contributed by atoms with Gasteiger partial charge in [-0.25, -0.2) is 14.6 Å². The minimum Gasteiger partial charge on any atom is -0.480 e. The van der Waals surface area contributed by atoms with Gasteiger partial charge in [-0.05, 0) is 60.9 Å². The number of imidazole rings is 1. The van der Waals surface area contributed by atoms with Crippen molar-refractivity contribution in [3.63, 3.8) is 0 Å². The second-order valence-corrected chi connectivity index (χ2v) is 10.3. The van der Waals surface area contributed by atoms with Crippen LogP contribution < -0.4 is 5.32 Å². The van der Waals surface area contributed by atoms with Crippen LogP contribution in [0, 0.1) is 0 Å². The van der Waals surface area contributed by atoms with Crippen LogP contribution in [0.3, 0.4) is 0 Å². The molecular weight excluding hydrogens is 512 g/mol. The lowest BCUT2D eigenvalue weighted by molar-refractivity contribution is -0.139. The largest absolute Gasteiger partial charge is 0.480 e. The Morgan fingerprint density at radius 3 is 2.58 bits per heavy atom. The number of benzene rings is 2. The van der Waals surface area contributed by atoms with E-state index in [4.69, 9.17) is 9.40 Å². The molecule has 204 valence electrons. The van der Waals surface area contributed by atoms with Crippen molar-refractivity contribution < 1.29 is 29.0 Å². The third-order valence-electron chi connectivity index (χ3n) is 7.71. The van der Waals surface area contributed by atoms with Gasteiger partial charge in [-0.3, -0.25) is 4.79 Å². The number of aromatic amines is 1. The molecule has 1 atom stereocenters. The van der Waals surface area contributed by atoms with Gasteiger partial charge in [0.25, 0.3) is 5.91 Å². The van der Waals surface area contributed by atoms with Crippen LogP contribution in [-0.2, 0) is 11.2 Å². The van der Waals surface area contributed by atoms with Crippen molar-refractivity contribution in [2.75, 3.05) is 0 Å². The number of carbonyl (C=O) groups excluding carboxylic acids is 1. The Bertz CT molecular complexity index is 1730. The lowest BCUT2D eigenvalue weighted by atomic mass is 9.95. The molecule has 0 unspecified atom stereocenters. The first-order valence-corrected chi connectivity index (χ1v) is 13.3. The van der Waals surface area contributed by atoms with Gasteiger partial charge in [0.1, 0.15) is 18.1 Å². The molecule has 5 aromatic rings. The molecule has 2 aromatic carbocycles. The first-order valence-electron chi connectivity index (χ1n) is 13.3. The lowest BCUT2D eigenvalue weighted by Crippen LogP contribution is -2.42. The number of carbonyl (C=O) groups is 3. The molecule has 10 heteroatoms. The summed E-state index contributed by atoms with van der Waals surface area (Å²) in [6, 6.07) is 10.8. The van der Waals surface area contributed by atoms with Gasteiger partial charge in [-0.1, -0.05) is 19.3 Å². The van der Waals surface area contributed by atoms with Crippen molar-refractivity contribution in [3.05, 3.63) is 77.9 Å². The molecule has 0 saturated heterocycles. The highest BCUT2D eigenvalue weighted by Gasteiger charge is 2.26. The van der Waals surface area contributed by atoms with Gasteiger partial charge < -0.3 is 29.5 Å². The summed E-state index contributed by atoms with van der Waals surface area (Å²) in [4.78, 5) is 44.7. The van der Waals surface area contributed by atoms with Crippen LogP contribution in [0.4, 0.5) is 0 Å². The maximum absolute atomic E-state index is 13.3. The number of rotatable bonds is 8. The van der Waals surface area contributed by atoms with Gasteiger partial charge in [0, 0.05) is 35.1 Å². The van der Waals surface area contributed by atoms with E-state index in [1.165, 1.54) is 18.6 Å². The summed E-state index contributed by atoms with van der Waals surface area (Å²) in [5.74, 6) is -2.01. The number of aromatic nitrogens is 3. The average Bonchev–Trinajstić information content (AvgIpc) is 3.71. The molecule has 10 nitrogen and oxygen atoms in total. The highest BCUT2D eigenvalue weighted by Crippen LogP contribution is 2.36. The van der Waals surface area contributed by atoms with Crippen LogP contribution in [0.5, 0.6) is 0 Å². The Morgan fingerprint density at radius 1 is 1.05 bits per heavy atom. The Kier molecular flexibility index (Phi) is 6.59. The number of amides is 1. The van der Waals surface area contributed by atoms with E-state index in [1.54, 1.807) is 36.9 Å². The van der Waals surface area contributed by atoms with Crippen molar-refractivity contribution in [2.45, 2.75) is 50.6 Å². The van der Waals surface area contributed by atoms with Gasteiger partial charge >= 0.3 is 11.9 Å². The van der Waals surface area contributed by atoms with Crippen molar-refractivity contribution in [3.8, 4) is 11.4 Å². The summed E-state index contributed by atoms with van der Waals surface area (Å²) < 4.78 is 7.56. The molecule has 0 bridgehead atoms. The molecule has 3 aromatic heterocycles. The number of nitrogens with one attached hydrogen (secondary N) is 2. The molecule has 3 heterocycles. The fraction of sp³-hybridized carbons (Fsp3) is 0.267. The van der Waals surface area contributed by atoms with E-state index in [0.29, 0.717) is 33.6 Å². The summed E-state index contributed by atoms with van der Waals surface area (Å²) >= 11 is 0. The standard InChI is InChI=1S/C30H28N4O6/c35-28(33-25(30(38)39)14-20-15-31-23-8-6-18(29(36)37)12-22(20)23)17-7-9-26-24(13-17)32-27(19-10-11-40-16-19)34(26)21-4-2-1-3-5-21/h6-13,15-16,21,25,31H,1-5,14H2,(H,33,35)(H,36,37)(H,38,39)/t25-/m0/s1. The number of hydrogen-bond acceptors (Lipinski definition) is 5. The van der Waals surface area contributed by atoms with E-state index in [0.717, 1.165) is 42.6 Å². The molecule has 40 heavy (non-hydrogen) atoms. The minimum atomic E-state index is -1.23. The smallest absolute Gasteiger partial charge is 0.335 e. The molecule has 1 aliphatic carbocycles. The Balaban J connectivity index is 1.29. The molecule has 1 fully saturated rings. The number of aliphatic carboxylic acids is 1. The highest BCUT2D eigenvalue weighted by molar-refractivity contribution is 6.00. The van der Waals surface area contributed by atoms with E-state index in [-0.39, 0.29) is 12.0 Å². The highest BCUT2D eigenvalue weighted by atomic mass is 16.4. The molecule has 0 spiro atoms. The normalized spacial score (nSPS) is 14.9. The van der Waals surface area contributed by atoms with E-state index in [2.05, 4.69) is 14.9 Å². The zero-order valence-corrected chi connectivity index (χ0v) is 21.6. The summed E-state index contributed by atoms with van der Waals surface area (Å²) in [5.41, 5.74) is 4.11. The monoisotopic (exact) mass is 540 g/mol. The van der Waals surface area contributed by atoms with Crippen molar-refractivity contribution in [1.82, 2.24) is 19.9 Å². The number of carboxylic acids is 2. The Hall–Kier alpha value is -4.86. The SMILES string of the molecule is O=C(O)c1ccc2[nH]cc(C[C@H](NC(=O)c3ccc4c(c3)nc(-c3ccoc3)n4C3CCCCC3)C(=O)O)c2c1. The first kappa shape index (κ1) is 25.4. The predicted molar refractivity (Wildman–Crippen MR) is 147 cm³/mol. The Morgan fingerprint density at radius 2 is 1.85 bits per heavy atom. The topological polar surface area (TPSA) is 150 Å². The van der Waals surface area contributed by atoms with Crippen molar-refractivity contribution in [1.29, 1.82) is 0 Å². The van der Waals surface area contributed by atoms with Crippen LogP contribution in [0.1, 0.15) is 64.4 Å². The number of nitrogens with zero attached hydrogens (tertiary/aromatic N) is 2. The molecule has 6 rings (SSSR count). The quantitative estimate of drug-likeness (QED) is 0.206. The lowest BCUT2D eigenvalue weighted by Gasteiger charge is -2.25. The van der Waals surface area contributed by atoms with Crippen LogP contribution in [-0.4, -0.2) is 48.6 Å². The molecule has 4 N–H and O–H groups in total. The van der Waals surface area contributed by atoms with Gasteiger partial charge in [0.2, 0.25) is 0 Å². The maximum Gasteiger partial charge on any atom is 0.335 e. The molecule has 1 aliphatic rings. The predicted octanol–water partition coefficient (Wildman–Crippen LogP) is 5.41. The van der Waals surface area contributed by atoms with Crippen LogP contribution in [0.15, 0.2) is 65.6 Å². The number of furan rings is 1. The second-order valence-electron chi connectivity index (χ2n) is 10.3.